The van der Waals surface area contributed by atoms with Gasteiger partial charge in [-0.25, -0.2) is 0 Å². The van der Waals surface area contributed by atoms with Crippen LogP contribution in [-0.4, -0.2) is 125 Å². The van der Waals surface area contributed by atoms with Crippen LogP contribution in [0.25, 0.3) is 0 Å². The summed E-state index contributed by atoms with van der Waals surface area (Å²) < 4.78 is 148. The molecule has 65 heavy (non-hydrogen) atoms. The van der Waals surface area contributed by atoms with Crippen LogP contribution in [0.1, 0.15) is 76.3 Å². The molecule has 0 saturated heterocycles. The number of benzene rings is 2. The van der Waals surface area contributed by atoms with E-state index in [1.54, 1.807) is 56.4 Å². The molecule has 0 aromatic heterocycles. The molecular formula is C40H55N2Na3O16S4+4. The summed E-state index contributed by atoms with van der Waals surface area (Å²) in [5.74, 6) is -2.06. The summed E-state index contributed by atoms with van der Waals surface area (Å²) >= 11 is 0. The van der Waals surface area contributed by atoms with Gasteiger partial charge in [-0.3, -0.25) is 23.0 Å². The van der Waals surface area contributed by atoms with Crippen molar-refractivity contribution in [2.75, 3.05) is 56.4 Å². The van der Waals surface area contributed by atoms with Gasteiger partial charge < -0.3 is 19.5 Å². The second-order valence-electron chi connectivity index (χ2n) is 15.5. The molecular weight excluding hydrogens is 962 g/mol. The SMILES string of the molecule is COCCOCCN1C(=CC=CC=CC2=[N+](CCCCCC(=O)O)c3ccc(S(=O)(=O)O)cc3C2(C)CCCS(=O)(=O)O)C(C)(CCCS(=O)(=O)O)c2cc(S(=O)(=O)O)ccc21.[Na+].[Na+].[Na+]. The summed E-state index contributed by atoms with van der Waals surface area (Å²) in [7, 11) is -16.4. The van der Waals surface area contributed by atoms with Crippen molar-refractivity contribution in [1.29, 1.82) is 0 Å². The van der Waals surface area contributed by atoms with E-state index in [1.165, 1.54) is 31.4 Å². The van der Waals surface area contributed by atoms with Gasteiger partial charge in [0.2, 0.25) is 5.69 Å². The Morgan fingerprint density at radius 3 is 1.83 bits per heavy atom. The number of carboxylic acids is 1. The number of allylic oxidation sites excluding steroid dienone is 6. The number of aliphatic carboxylic acids is 1. The summed E-state index contributed by atoms with van der Waals surface area (Å²) in [6, 6.07) is 8.26. The van der Waals surface area contributed by atoms with Gasteiger partial charge in [0.1, 0.15) is 6.54 Å². The van der Waals surface area contributed by atoms with Crippen molar-refractivity contribution in [1.82, 2.24) is 0 Å². The van der Waals surface area contributed by atoms with E-state index in [0.29, 0.717) is 72.9 Å². The average molecular weight is 1020 g/mol. The Bertz CT molecular complexity index is 2570. The largest absolute Gasteiger partial charge is 1.00 e. The summed E-state index contributed by atoms with van der Waals surface area (Å²) in [6.07, 6.45) is 10.3. The summed E-state index contributed by atoms with van der Waals surface area (Å²) in [5, 5.41) is 9.13. The van der Waals surface area contributed by atoms with Crippen LogP contribution >= 0.6 is 0 Å². The van der Waals surface area contributed by atoms with Gasteiger partial charge in [0.15, 0.2) is 5.71 Å². The molecule has 2 unspecified atom stereocenters. The van der Waals surface area contributed by atoms with Crippen LogP contribution < -0.4 is 93.6 Å². The number of methoxy groups -OCH3 is 1. The van der Waals surface area contributed by atoms with E-state index < -0.39 is 68.8 Å². The first-order valence-electron chi connectivity index (χ1n) is 19.7. The van der Waals surface area contributed by atoms with Crippen LogP contribution in [0.4, 0.5) is 11.4 Å². The van der Waals surface area contributed by atoms with Crippen molar-refractivity contribution in [3.8, 4) is 0 Å². The van der Waals surface area contributed by atoms with Gasteiger partial charge in [-0.2, -0.15) is 38.2 Å². The van der Waals surface area contributed by atoms with Crippen LogP contribution in [0, 0.1) is 0 Å². The van der Waals surface area contributed by atoms with Gasteiger partial charge in [0.05, 0.1) is 46.5 Å². The van der Waals surface area contributed by atoms with Crippen molar-refractivity contribution in [3.63, 3.8) is 0 Å². The number of carbonyl (C=O) groups is 1. The predicted octanol–water partition coefficient (Wildman–Crippen LogP) is -4.03. The molecule has 5 N–H and O–H groups in total. The van der Waals surface area contributed by atoms with Crippen LogP contribution in [0.2, 0.25) is 0 Å². The zero-order valence-electron chi connectivity index (χ0n) is 37.7. The van der Waals surface area contributed by atoms with Gasteiger partial charge >= 0.3 is 94.6 Å². The fourth-order valence-corrected chi connectivity index (χ4v) is 10.1. The number of nitrogens with zero attached hydrogens (tertiary/aromatic N) is 2. The van der Waals surface area contributed by atoms with Crippen molar-refractivity contribution in [2.45, 2.75) is 85.8 Å². The number of unbranched alkanes of at least 4 members (excludes halogenated alkanes) is 2. The van der Waals surface area contributed by atoms with Crippen LogP contribution in [-0.2, 0) is 65.6 Å². The number of anilines is 1. The van der Waals surface area contributed by atoms with Gasteiger partial charge in [0.25, 0.3) is 40.5 Å². The molecule has 0 aliphatic carbocycles. The Hall–Kier alpha value is -0.840. The quantitative estimate of drug-likeness (QED) is 0.0208. The molecule has 25 heteroatoms. The summed E-state index contributed by atoms with van der Waals surface area (Å²) in [5.41, 5.74) is 1.29. The van der Waals surface area contributed by atoms with Crippen molar-refractivity contribution in [2.24, 2.45) is 0 Å². The maximum atomic E-state index is 12.3. The standard InChI is InChI=1S/C40H54N2O16S4.3Na/c1-39(19-10-26-59(45,46)47)32-28-30(61(51,52)53)15-17-34(32)41(21-9-5-8-14-38(43)44)36(39)12-6-4-7-13-37-40(2,20-11-27-60(48,49)50)33-29-31(62(54,55)56)16-18-35(33)42(37)22-23-58-25-24-57-3;;;/h4,6-7,12-13,15-18,28-29H,5,8-11,14,19-27H2,1-3H3,(H4-,43,44,45,46,47,48,49,50,51,52,53,54,55,56);;;/q;3*+1/p+1. The van der Waals surface area contributed by atoms with Crippen LogP contribution in [0.15, 0.2) is 82.3 Å². The maximum absolute atomic E-state index is 12.3. The van der Waals surface area contributed by atoms with Crippen molar-refractivity contribution >= 4 is 63.5 Å². The van der Waals surface area contributed by atoms with Gasteiger partial charge in [-0.05, 0) is 94.3 Å². The van der Waals surface area contributed by atoms with E-state index in [2.05, 4.69) is 0 Å². The minimum atomic E-state index is -4.64. The smallest absolute Gasteiger partial charge is 0.481 e. The third kappa shape index (κ3) is 17.5. The number of hydrogen-bond donors (Lipinski definition) is 5. The Kier molecular flexibility index (Phi) is 25.2. The molecule has 0 spiro atoms. The van der Waals surface area contributed by atoms with E-state index in [4.69, 9.17) is 14.6 Å². The molecule has 2 aromatic rings. The minimum absolute atomic E-state index is 0. The summed E-state index contributed by atoms with van der Waals surface area (Å²) in [4.78, 5) is 12.3. The fraction of sp³-hybridized carbons (Fsp3) is 0.500. The molecule has 2 aliphatic rings. The van der Waals surface area contributed by atoms with E-state index in [-0.39, 0.29) is 144 Å². The molecule has 2 aliphatic heterocycles. The first kappa shape index (κ1) is 62.2. The van der Waals surface area contributed by atoms with E-state index in [9.17, 15) is 56.7 Å². The third-order valence-electron chi connectivity index (χ3n) is 11.1. The number of hydrogen-bond acceptors (Lipinski definition) is 12. The predicted molar refractivity (Wildman–Crippen MR) is 231 cm³/mol. The van der Waals surface area contributed by atoms with Crippen LogP contribution in [0.5, 0.6) is 0 Å². The minimum Gasteiger partial charge on any atom is -0.481 e. The zero-order valence-corrected chi connectivity index (χ0v) is 47.0. The molecule has 344 valence electrons. The number of rotatable bonds is 25. The second kappa shape index (κ2) is 26.4. The number of ether oxygens (including phenoxy) is 2. The Morgan fingerprint density at radius 1 is 0.708 bits per heavy atom. The van der Waals surface area contributed by atoms with Gasteiger partial charge in [0, 0.05) is 61.0 Å². The molecule has 2 heterocycles. The van der Waals surface area contributed by atoms with E-state index in [1.807, 2.05) is 9.48 Å². The summed E-state index contributed by atoms with van der Waals surface area (Å²) in [6.45, 7) is 5.08. The Morgan fingerprint density at radius 2 is 1.28 bits per heavy atom. The maximum Gasteiger partial charge on any atom is 1.00 e. The van der Waals surface area contributed by atoms with Gasteiger partial charge in [-0.1, -0.05) is 18.2 Å². The molecule has 2 aromatic carbocycles. The molecule has 18 nitrogen and oxygen atoms in total. The first-order chi connectivity index (χ1) is 28.8. The molecule has 0 fully saturated rings. The molecule has 0 radical (unpaired) electrons. The number of carboxylic acid groups (broad SMARTS) is 1. The molecule has 2 atom stereocenters. The fourth-order valence-electron chi connectivity index (χ4n) is 8.09. The monoisotopic (exact) mass is 1020 g/mol. The molecule has 0 saturated carbocycles. The average Bonchev–Trinajstić information content (AvgIpc) is 3.52. The molecule has 0 bridgehead atoms. The first-order valence-corrected chi connectivity index (χ1v) is 25.8. The zero-order chi connectivity index (χ0) is 46.1. The molecule has 0 amide bonds. The Balaban J connectivity index is 0.00000704. The van der Waals surface area contributed by atoms with Crippen LogP contribution in [0.3, 0.4) is 0 Å². The van der Waals surface area contributed by atoms with E-state index >= 15 is 0 Å². The van der Waals surface area contributed by atoms with Gasteiger partial charge in [-0.15, -0.1) is 0 Å². The molecule has 4 rings (SSSR count). The Labute approximate surface area is 448 Å². The van der Waals surface area contributed by atoms with Crippen molar-refractivity contribution in [3.05, 3.63) is 83.6 Å². The second-order valence-corrected chi connectivity index (χ2v) is 21.5. The normalized spacial score (nSPS) is 19.3. The van der Waals surface area contributed by atoms with Crippen molar-refractivity contribution < 1.29 is 165 Å². The van der Waals surface area contributed by atoms with E-state index in [0.717, 1.165) is 0 Å². The number of fused-ring (bicyclic) bond motifs is 2. The third-order valence-corrected chi connectivity index (χ3v) is 14.4. The topological polar surface area (TPSA) is 279 Å².